The number of ether oxygens (including phenoxy) is 1. The normalized spacial score (nSPS) is 25.4. The van der Waals surface area contributed by atoms with Crippen molar-refractivity contribution < 1.29 is 4.74 Å². The van der Waals surface area contributed by atoms with Crippen LogP contribution in [0.4, 0.5) is 0 Å². The maximum Gasteiger partial charge on any atom is 0.0656 e. The Labute approximate surface area is 115 Å². The van der Waals surface area contributed by atoms with Crippen LogP contribution in [0.1, 0.15) is 12.5 Å². The van der Waals surface area contributed by atoms with Crippen LogP contribution in [-0.2, 0) is 4.74 Å². The molecule has 0 amide bonds. The van der Waals surface area contributed by atoms with Gasteiger partial charge in [-0.15, -0.1) is 0 Å². The number of morpholine rings is 1. The molecule has 1 aliphatic rings. The molecule has 1 fully saturated rings. The lowest BCUT2D eigenvalue weighted by atomic mass is 10.1. The smallest absolute Gasteiger partial charge is 0.0656 e. The Kier molecular flexibility index (Phi) is 4.62. The molecule has 1 aromatic rings. The van der Waals surface area contributed by atoms with E-state index in [1.54, 1.807) is 0 Å². The molecule has 2 atom stereocenters. The van der Waals surface area contributed by atoms with E-state index >= 15 is 0 Å². The largest absolute Gasteiger partial charge is 0.378 e. The molecule has 0 saturated carbocycles. The van der Waals surface area contributed by atoms with Gasteiger partial charge in [0.1, 0.15) is 0 Å². The molecule has 1 aromatic carbocycles. The van der Waals surface area contributed by atoms with Crippen molar-refractivity contribution in [3.63, 3.8) is 0 Å². The zero-order chi connectivity index (χ0) is 12.3. The highest BCUT2D eigenvalue weighted by atomic mass is 79.9. The van der Waals surface area contributed by atoms with E-state index in [1.807, 2.05) is 24.3 Å². The van der Waals surface area contributed by atoms with Crippen molar-refractivity contribution in [1.29, 1.82) is 0 Å². The van der Waals surface area contributed by atoms with Crippen LogP contribution in [0, 0.1) is 0 Å². The number of hydrogen-bond donors (Lipinski definition) is 1. The van der Waals surface area contributed by atoms with Gasteiger partial charge in [0.2, 0.25) is 0 Å². The second-order valence-corrected chi connectivity index (χ2v) is 5.56. The first-order valence-corrected chi connectivity index (χ1v) is 6.79. The maximum absolute atomic E-state index is 6.14. The molecule has 4 heteroatoms. The van der Waals surface area contributed by atoms with Crippen LogP contribution in [0.5, 0.6) is 0 Å². The Morgan fingerprint density at radius 3 is 3.00 bits per heavy atom. The van der Waals surface area contributed by atoms with Gasteiger partial charge in [0.15, 0.2) is 0 Å². The van der Waals surface area contributed by atoms with Gasteiger partial charge in [-0.3, -0.25) is 0 Å². The fraction of sp³-hybridized carbons (Fsp3) is 0.385. The fourth-order valence-corrected chi connectivity index (χ4v) is 2.54. The van der Waals surface area contributed by atoms with E-state index in [4.69, 9.17) is 16.3 Å². The quantitative estimate of drug-likeness (QED) is 0.902. The van der Waals surface area contributed by atoms with Crippen LogP contribution in [0.15, 0.2) is 28.7 Å². The lowest BCUT2D eigenvalue weighted by molar-refractivity contribution is 0.0637. The Morgan fingerprint density at radius 1 is 1.47 bits per heavy atom. The van der Waals surface area contributed by atoms with Crippen molar-refractivity contribution in [3.05, 3.63) is 39.3 Å². The lowest BCUT2D eigenvalue weighted by Gasteiger charge is -2.26. The third-order valence-corrected chi connectivity index (χ3v) is 3.46. The summed E-state index contributed by atoms with van der Waals surface area (Å²) in [5.41, 5.74) is 1.02. The molecule has 2 rings (SSSR count). The van der Waals surface area contributed by atoms with E-state index in [0.717, 1.165) is 28.3 Å². The van der Waals surface area contributed by atoms with Crippen LogP contribution in [-0.4, -0.2) is 25.3 Å². The average molecular weight is 317 g/mol. The summed E-state index contributed by atoms with van der Waals surface area (Å²) in [7, 11) is 0. The fourth-order valence-electron chi connectivity index (χ4n) is 1.80. The first-order chi connectivity index (χ1) is 8.15. The monoisotopic (exact) mass is 315 g/mol. The first-order valence-electron chi connectivity index (χ1n) is 5.62. The number of benzene rings is 1. The van der Waals surface area contributed by atoms with Gasteiger partial charge in [-0.25, -0.2) is 0 Å². The molecule has 2 nitrogen and oxygen atoms in total. The molecule has 17 heavy (non-hydrogen) atoms. The topological polar surface area (TPSA) is 21.3 Å². The minimum Gasteiger partial charge on any atom is -0.378 e. The molecule has 1 aliphatic heterocycles. The highest BCUT2D eigenvalue weighted by molar-refractivity contribution is 9.10. The molecular formula is C13H15BrClNO. The molecule has 0 bridgehead atoms. The van der Waals surface area contributed by atoms with Crippen molar-refractivity contribution in [2.75, 3.05) is 13.2 Å². The van der Waals surface area contributed by atoms with E-state index < -0.39 is 0 Å². The molecular weight excluding hydrogens is 302 g/mol. The molecule has 92 valence electrons. The number of rotatable bonds is 2. The minimum absolute atomic E-state index is 0.262. The maximum atomic E-state index is 6.14. The van der Waals surface area contributed by atoms with Crippen LogP contribution < -0.4 is 5.32 Å². The summed E-state index contributed by atoms with van der Waals surface area (Å²) in [6.07, 6.45) is 4.14. The van der Waals surface area contributed by atoms with E-state index in [9.17, 15) is 0 Å². The second kappa shape index (κ2) is 6.01. The zero-order valence-electron chi connectivity index (χ0n) is 9.62. The Hall–Kier alpha value is -0.350. The van der Waals surface area contributed by atoms with E-state index in [-0.39, 0.29) is 6.04 Å². The minimum atomic E-state index is 0.262. The molecule has 2 unspecified atom stereocenters. The van der Waals surface area contributed by atoms with Crippen molar-refractivity contribution in [2.24, 2.45) is 0 Å². The van der Waals surface area contributed by atoms with Crippen LogP contribution in [0.3, 0.4) is 0 Å². The third-order valence-electron chi connectivity index (χ3n) is 2.63. The van der Waals surface area contributed by atoms with Crippen molar-refractivity contribution in [1.82, 2.24) is 5.32 Å². The van der Waals surface area contributed by atoms with E-state index in [2.05, 4.69) is 34.2 Å². The highest BCUT2D eigenvalue weighted by Crippen LogP contribution is 2.22. The molecule has 1 saturated heterocycles. The highest BCUT2D eigenvalue weighted by Gasteiger charge is 2.15. The summed E-state index contributed by atoms with van der Waals surface area (Å²) in [6.45, 7) is 3.62. The molecule has 0 spiro atoms. The number of nitrogens with one attached hydrogen (secondary N) is 1. The van der Waals surface area contributed by atoms with Gasteiger partial charge in [-0.05, 0) is 24.6 Å². The third kappa shape index (κ3) is 3.81. The summed E-state index contributed by atoms with van der Waals surface area (Å²) < 4.78 is 6.47. The summed E-state index contributed by atoms with van der Waals surface area (Å²) >= 11 is 9.53. The van der Waals surface area contributed by atoms with Crippen LogP contribution in [0.25, 0.3) is 6.08 Å². The number of hydrogen-bond acceptors (Lipinski definition) is 2. The predicted molar refractivity (Wildman–Crippen MR) is 75.4 cm³/mol. The second-order valence-electron chi connectivity index (χ2n) is 4.24. The average Bonchev–Trinajstić information content (AvgIpc) is 2.28. The van der Waals surface area contributed by atoms with Gasteiger partial charge in [-0.2, -0.15) is 0 Å². The molecule has 1 heterocycles. The summed E-state index contributed by atoms with van der Waals surface area (Å²) in [6, 6.07) is 6.54. The van der Waals surface area contributed by atoms with Gasteiger partial charge < -0.3 is 10.1 Å². The van der Waals surface area contributed by atoms with Gasteiger partial charge in [0.25, 0.3) is 0 Å². The zero-order valence-corrected chi connectivity index (χ0v) is 12.0. The Bertz CT molecular complexity index is 422. The van der Waals surface area contributed by atoms with Crippen LogP contribution >= 0.6 is 27.5 Å². The van der Waals surface area contributed by atoms with Gasteiger partial charge >= 0.3 is 0 Å². The molecule has 0 aromatic heterocycles. The lowest BCUT2D eigenvalue weighted by Crippen LogP contribution is -2.46. The number of halogens is 2. The van der Waals surface area contributed by atoms with Crippen molar-refractivity contribution in [2.45, 2.75) is 19.0 Å². The summed E-state index contributed by atoms with van der Waals surface area (Å²) in [4.78, 5) is 0. The Morgan fingerprint density at radius 2 is 2.29 bits per heavy atom. The SMILES string of the molecule is CC1COCC(/C=C/c2ccc(Br)cc2Cl)N1. The van der Waals surface area contributed by atoms with Crippen LogP contribution in [0.2, 0.25) is 5.02 Å². The van der Waals surface area contributed by atoms with E-state index in [1.165, 1.54) is 0 Å². The van der Waals surface area contributed by atoms with Gasteiger partial charge in [-0.1, -0.05) is 45.7 Å². The van der Waals surface area contributed by atoms with E-state index in [0.29, 0.717) is 6.04 Å². The summed E-state index contributed by atoms with van der Waals surface area (Å²) in [5.74, 6) is 0. The molecule has 0 radical (unpaired) electrons. The Balaban J connectivity index is 2.04. The standard InChI is InChI=1S/C13H15BrClNO/c1-9-7-17-8-12(16-9)5-3-10-2-4-11(14)6-13(10)15/h2-6,9,12,16H,7-8H2,1H3/b5-3+. The molecule has 0 aliphatic carbocycles. The predicted octanol–water partition coefficient (Wildman–Crippen LogP) is 3.49. The van der Waals surface area contributed by atoms with Gasteiger partial charge in [0.05, 0.1) is 13.2 Å². The van der Waals surface area contributed by atoms with Crippen molar-refractivity contribution >= 4 is 33.6 Å². The van der Waals surface area contributed by atoms with Crippen molar-refractivity contribution in [3.8, 4) is 0 Å². The summed E-state index contributed by atoms with van der Waals surface area (Å²) in [5, 5.41) is 4.20. The molecule has 1 N–H and O–H groups in total. The van der Waals surface area contributed by atoms with Gasteiger partial charge in [0, 0.05) is 21.6 Å². The first kappa shape index (κ1) is 13.1.